The van der Waals surface area contributed by atoms with Crippen LogP contribution in [0.15, 0.2) is 15.7 Å². The monoisotopic (exact) mass is 317 g/mol. The van der Waals surface area contributed by atoms with E-state index in [1.165, 1.54) is 0 Å². The molecule has 0 saturated carbocycles. The summed E-state index contributed by atoms with van der Waals surface area (Å²) in [5.41, 5.74) is -0.124. The number of nitrogens with one attached hydrogen (secondary N) is 3. The molecule has 122 valence electrons. The fourth-order valence-electron chi connectivity index (χ4n) is 3.16. The molecular weight excluding hydrogens is 298 g/mol. The molecule has 8 nitrogen and oxygen atoms in total. The Morgan fingerprint density at radius 2 is 2.22 bits per heavy atom. The third kappa shape index (κ3) is 2.77. The van der Waals surface area contributed by atoms with Crippen LogP contribution >= 0.6 is 0 Å². The highest BCUT2D eigenvalue weighted by Gasteiger charge is 2.30. The van der Waals surface area contributed by atoms with E-state index in [0.29, 0.717) is 17.5 Å². The van der Waals surface area contributed by atoms with Crippen molar-refractivity contribution in [2.45, 2.75) is 25.8 Å². The molecule has 1 amide bonds. The van der Waals surface area contributed by atoms with E-state index in [2.05, 4.69) is 20.3 Å². The molecule has 1 aliphatic rings. The Labute approximate surface area is 131 Å². The molecule has 1 atom stereocenters. The number of carbonyl (C=O) groups excluding carboxylic acids is 1. The summed E-state index contributed by atoms with van der Waals surface area (Å²) in [7, 11) is 1.86. The fourth-order valence-corrected chi connectivity index (χ4v) is 3.16. The van der Waals surface area contributed by atoms with Crippen molar-refractivity contribution in [3.63, 3.8) is 0 Å². The van der Waals surface area contributed by atoms with Crippen molar-refractivity contribution < 1.29 is 4.79 Å². The maximum Gasteiger partial charge on any atom is 0.327 e. The van der Waals surface area contributed by atoms with Gasteiger partial charge in [0.15, 0.2) is 0 Å². The highest BCUT2D eigenvalue weighted by atomic mass is 16.2. The molecule has 0 unspecified atom stereocenters. The number of likely N-dealkylation sites (N-methyl/N-ethyl adjacent to an activating group) is 1. The van der Waals surface area contributed by atoms with Crippen molar-refractivity contribution in [2.75, 3.05) is 20.1 Å². The normalized spacial score (nSPS) is 17.8. The average Bonchev–Trinajstić information content (AvgIpc) is 2.93. The van der Waals surface area contributed by atoms with E-state index in [-0.39, 0.29) is 23.3 Å². The van der Waals surface area contributed by atoms with Crippen molar-refractivity contribution in [1.82, 2.24) is 25.2 Å². The third-order valence-corrected chi connectivity index (χ3v) is 4.20. The summed E-state index contributed by atoms with van der Waals surface area (Å²) in [6.07, 6.45) is 1.91. The van der Waals surface area contributed by atoms with Gasteiger partial charge in [0.05, 0.1) is 5.39 Å². The number of rotatable bonds is 3. The standard InChI is InChI=1S/C15H19N5O3/c1-8-6-10(14(22)20-5-3-4-9(20)7-16-2)17-12-11(8)13(21)19-15(23)18-12/h6,9,16H,3-5,7H2,1-2H3,(H2,17,18,19,21,23)/t9-/m0/s1. The SMILES string of the molecule is CNC[C@@H]1CCCN1C(=O)c1cc(C)c2c(=O)[nH]c(=O)[nH]c2n1. The number of aryl methyl sites for hydroxylation is 1. The Hall–Kier alpha value is -2.48. The molecule has 0 aliphatic carbocycles. The molecule has 0 spiro atoms. The number of aromatic nitrogens is 3. The van der Waals surface area contributed by atoms with Crippen LogP contribution in [0.5, 0.6) is 0 Å². The first-order valence-electron chi connectivity index (χ1n) is 7.61. The minimum absolute atomic E-state index is 0.142. The first kappa shape index (κ1) is 15.4. The van der Waals surface area contributed by atoms with E-state index in [0.717, 1.165) is 19.4 Å². The highest BCUT2D eigenvalue weighted by molar-refractivity contribution is 5.95. The largest absolute Gasteiger partial charge is 0.333 e. The number of carbonyl (C=O) groups is 1. The molecule has 23 heavy (non-hydrogen) atoms. The zero-order valence-electron chi connectivity index (χ0n) is 13.1. The smallest absolute Gasteiger partial charge is 0.327 e. The summed E-state index contributed by atoms with van der Waals surface area (Å²) in [6.45, 7) is 3.15. The molecule has 3 N–H and O–H groups in total. The maximum atomic E-state index is 12.8. The van der Waals surface area contributed by atoms with Crippen molar-refractivity contribution in [3.8, 4) is 0 Å². The van der Waals surface area contributed by atoms with Crippen LogP contribution in [0.25, 0.3) is 11.0 Å². The van der Waals surface area contributed by atoms with Gasteiger partial charge in [-0.15, -0.1) is 0 Å². The maximum absolute atomic E-state index is 12.8. The Morgan fingerprint density at radius 1 is 1.43 bits per heavy atom. The van der Waals surface area contributed by atoms with Crippen molar-refractivity contribution in [1.29, 1.82) is 0 Å². The van der Waals surface area contributed by atoms with Crippen molar-refractivity contribution in [2.24, 2.45) is 0 Å². The Bertz CT molecular complexity index is 870. The number of hydrogen-bond donors (Lipinski definition) is 3. The number of aromatic amines is 2. The molecule has 0 radical (unpaired) electrons. The van der Waals surface area contributed by atoms with Gasteiger partial charge in [-0.2, -0.15) is 0 Å². The summed E-state index contributed by atoms with van der Waals surface area (Å²) < 4.78 is 0. The van der Waals surface area contributed by atoms with E-state index in [1.54, 1.807) is 17.9 Å². The van der Waals surface area contributed by atoms with Crippen LogP contribution in [0.3, 0.4) is 0 Å². The number of H-pyrrole nitrogens is 2. The van der Waals surface area contributed by atoms with Gasteiger partial charge in [-0.3, -0.25) is 19.6 Å². The van der Waals surface area contributed by atoms with E-state index in [1.807, 2.05) is 7.05 Å². The zero-order valence-corrected chi connectivity index (χ0v) is 13.1. The van der Waals surface area contributed by atoms with Gasteiger partial charge < -0.3 is 10.2 Å². The average molecular weight is 317 g/mol. The van der Waals surface area contributed by atoms with Crippen LogP contribution in [0.1, 0.15) is 28.9 Å². The van der Waals surface area contributed by atoms with Crippen LogP contribution in [-0.4, -0.2) is 51.9 Å². The van der Waals surface area contributed by atoms with Gasteiger partial charge >= 0.3 is 5.69 Å². The van der Waals surface area contributed by atoms with Gasteiger partial charge in [0.25, 0.3) is 11.5 Å². The summed E-state index contributed by atoms with van der Waals surface area (Å²) in [4.78, 5) is 46.7. The molecule has 2 aromatic heterocycles. The van der Waals surface area contributed by atoms with Gasteiger partial charge in [0, 0.05) is 19.1 Å². The zero-order chi connectivity index (χ0) is 16.6. The number of nitrogens with zero attached hydrogens (tertiary/aromatic N) is 2. The molecule has 8 heteroatoms. The van der Waals surface area contributed by atoms with E-state index in [9.17, 15) is 14.4 Å². The second kappa shape index (κ2) is 5.96. The minimum Gasteiger partial charge on any atom is -0.333 e. The number of likely N-dealkylation sites (tertiary alicyclic amines) is 1. The summed E-state index contributed by atoms with van der Waals surface area (Å²) in [6, 6.07) is 1.75. The van der Waals surface area contributed by atoms with Crippen LogP contribution in [0.4, 0.5) is 0 Å². The van der Waals surface area contributed by atoms with Gasteiger partial charge in [-0.05, 0) is 38.4 Å². The molecule has 3 heterocycles. The first-order chi connectivity index (χ1) is 11.0. The van der Waals surface area contributed by atoms with Gasteiger partial charge in [0.2, 0.25) is 0 Å². The molecule has 1 fully saturated rings. The van der Waals surface area contributed by atoms with Crippen molar-refractivity contribution in [3.05, 3.63) is 38.2 Å². The lowest BCUT2D eigenvalue weighted by molar-refractivity contribution is 0.0731. The fraction of sp³-hybridized carbons (Fsp3) is 0.467. The molecule has 1 aliphatic heterocycles. The predicted molar refractivity (Wildman–Crippen MR) is 85.7 cm³/mol. The predicted octanol–water partition coefficient (Wildman–Crippen LogP) is -0.256. The summed E-state index contributed by atoms with van der Waals surface area (Å²) in [5, 5.41) is 3.39. The molecule has 2 aromatic rings. The number of hydrogen-bond acceptors (Lipinski definition) is 5. The highest BCUT2D eigenvalue weighted by Crippen LogP contribution is 2.20. The second-order valence-corrected chi connectivity index (χ2v) is 5.81. The lowest BCUT2D eigenvalue weighted by Gasteiger charge is -2.24. The topological polar surface area (TPSA) is 111 Å². The van der Waals surface area contributed by atoms with Crippen molar-refractivity contribution >= 4 is 16.9 Å². The third-order valence-electron chi connectivity index (χ3n) is 4.20. The number of fused-ring (bicyclic) bond motifs is 1. The Balaban J connectivity index is 2.05. The number of amides is 1. The van der Waals surface area contributed by atoms with E-state index in [4.69, 9.17) is 0 Å². The Morgan fingerprint density at radius 3 is 2.96 bits per heavy atom. The van der Waals surface area contributed by atoms with Gasteiger partial charge in [-0.25, -0.2) is 9.78 Å². The van der Waals surface area contributed by atoms with Gasteiger partial charge in [-0.1, -0.05) is 0 Å². The van der Waals surface area contributed by atoms with Crippen LogP contribution in [0.2, 0.25) is 0 Å². The summed E-state index contributed by atoms with van der Waals surface area (Å²) in [5.74, 6) is -0.172. The van der Waals surface area contributed by atoms with Gasteiger partial charge in [0.1, 0.15) is 11.3 Å². The first-order valence-corrected chi connectivity index (χ1v) is 7.61. The quantitative estimate of drug-likeness (QED) is 0.722. The number of pyridine rings is 1. The van der Waals surface area contributed by atoms with E-state index < -0.39 is 11.2 Å². The molecule has 0 bridgehead atoms. The lowest BCUT2D eigenvalue weighted by atomic mass is 10.1. The molecule has 0 aromatic carbocycles. The molecule has 1 saturated heterocycles. The van der Waals surface area contributed by atoms with E-state index >= 15 is 0 Å². The van der Waals surface area contributed by atoms with Crippen LogP contribution in [-0.2, 0) is 0 Å². The lowest BCUT2D eigenvalue weighted by Crippen LogP contribution is -2.41. The molecular formula is C15H19N5O3. The van der Waals surface area contributed by atoms with Crippen LogP contribution < -0.4 is 16.6 Å². The second-order valence-electron chi connectivity index (χ2n) is 5.81. The molecule has 3 rings (SSSR count). The minimum atomic E-state index is -0.631. The van der Waals surface area contributed by atoms with Crippen LogP contribution in [0, 0.1) is 6.92 Å². The Kier molecular flexibility index (Phi) is 3.99. The summed E-state index contributed by atoms with van der Waals surface area (Å²) >= 11 is 0.